The van der Waals surface area contributed by atoms with Crippen molar-refractivity contribution in [1.29, 1.82) is 0 Å². The molecule has 0 fully saturated rings. The predicted molar refractivity (Wildman–Crippen MR) is 140 cm³/mol. The van der Waals surface area contributed by atoms with Gasteiger partial charge in [-0.1, -0.05) is 54.1 Å². The smallest absolute Gasteiger partial charge is 0.267 e. The van der Waals surface area contributed by atoms with Gasteiger partial charge >= 0.3 is 0 Å². The van der Waals surface area contributed by atoms with Gasteiger partial charge in [-0.15, -0.1) is 0 Å². The number of ether oxygens (including phenoxy) is 1. The predicted octanol–water partition coefficient (Wildman–Crippen LogP) is 5.27. The standard InChI is InChI=1S/C28H26ClN3O3/c1-18-21(22-7-4-6-10-25(22)31-18)15-16-30-28(34)26(17-19-11-13-20(35-2)14-12-19)32-27(33)23-8-3-5-9-24(23)29/h3-14,17,31H,15-16H2,1-2H3,(H,30,34)(H,32,33). The lowest BCUT2D eigenvalue weighted by molar-refractivity contribution is -0.117. The second-order valence-corrected chi connectivity index (χ2v) is 8.45. The van der Waals surface area contributed by atoms with Crippen LogP contribution in [0.5, 0.6) is 5.75 Å². The quantitative estimate of drug-likeness (QED) is 0.296. The average Bonchev–Trinajstić information content (AvgIpc) is 3.19. The highest BCUT2D eigenvalue weighted by Gasteiger charge is 2.17. The van der Waals surface area contributed by atoms with Gasteiger partial charge in [0.05, 0.1) is 17.7 Å². The highest BCUT2D eigenvalue weighted by atomic mass is 35.5. The van der Waals surface area contributed by atoms with Crippen LogP contribution in [0.25, 0.3) is 17.0 Å². The minimum absolute atomic E-state index is 0.121. The summed E-state index contributed by atoms with van der Waals surface area (Å²) in [6, 6.07) is 22.0. The number of hydrogen-bond donors (Lipinski definition) is 3. The molecule has 35 heavy (non-hydrogen) atoms. The Labute approximate surface area is 209 Å². The minimum Gasteiger partial charge on any atom is -0.497 e. The summed E-state index contributed by atoms with van der Waals surface area (Å²) < 4.78 is 5.20. The first kappa shape index (κ1) is 24.1. The number of rotatable bonds is 8. The molecular weight excluding hydrogens is 462 g/mol. The van der Waals surface area contributed by atoms with Gasteiger partial charge in [0.1, 0.15) is 11.4 Å². The maximum absolute atomic E-state index is 13.1. The monoisotopic (exact) mass is 487 g/mol. The second kappa shape index (κ2) is 10.9. The van der Waals surface area contributed by atoms with Crippen LogP contribution in [0.15, 0.2) is 78.5 Å². The molecule has 178 valence electrons. The Morgan fingerprint density at radius 1 is 1.00 bits per heavy atom. The Balaban J connectivity index is 1.52. The van der Waals surface area contributed by atoms with E-state index in [-0.39, 0.29) is 11.3 Å². The second-order valence-electron chi connectivity index (χ2n) is 8.05. The van der Waals surface area contributed by atoms with E-state index in [9.17, 15) is 9.59 Å². The van der Waals surface area contributed by atoms with Crippen LogP contribution in [0.2, 0.25) is 5.02 Å². The minimum atomic E-state index is -0.460. The number of aromatic nitrogens is 1. The highest BCUT2D eigenvalue weighted by Crippen LogP contribution is 2.22. The third kappa shape index (κ3) is 5.73. The Morgan fingerprint density at radius 2 is 1.71 bits per heavy atom. The summed E-state index contributed by atoms with van der Waals surface area (Å²) in [5, 5.41) is 7.11. The number of hydrogen-bond acceptors (Lipinski definition) is 3. The van der Waals surface area contributed by atoms with Gasteiger partial charge < -0.3 is 20.4 Å². The number of H-pyrrole nitrogens is 1. The summed E-state index contributed by atoms with van der Waals surface area (Å²) in [6.45, 7) is 2.43. The number of nitrogens with one attached hydrogen (secondary N) is 3. The lowest BCUT2D eigenvalue weighted by atomic mass is 10.1. The molecule has 0 aliphatic carbocycles. The van der Waals surface area contributed by atoms with Gasteiger partial charge in [0.25, 0.3) is 11.8 Å². The molecule has 0 aliphatic heterocycles. The summed E-state index contributed by atoms with van der Waals surface area (Å²) >= 11 is 6.18. The summed E-state index contributed by atoms with van der Waals surface area (Å²) in [6.07, 6.45) is 2.27. The topological polar surface area (TPSA) is 83.2 Å². The van der Waals surface area contributed by atoms with E-state index in [4.69, 9.17) is 16.3 Å². The summed E-state index contributed by atoms with van der Waals surface area (Å²) in [7, 11) is 1.59. The van der Waals surface area contributed by atoms with Crippen LogP contribution in [0.3, 0.4) is 0 Å². The first-order valence-electron chi connectivity index (χ1n) is 11.2. The largest absolute Gasteiger partial charge is 0.497 e. The number of aromatic amines is 1. The van der Waals surface area contributed by atoms with Crippen LogP contribution in [0.4, 0.5) is 0 Å². The van der Waals surface area contributed by atoms with Crippen LogP contribution in [0.1, 0.15) is 27.2 Å². The van der Waals surface area contributed by atoms with E-state index in [2.05, 4.69) is 21.7 Å². The molecule has 6 nitrogen and oxygen atoms in total. The van der Waals surface area contributed by atoms with Gasteiger partial charge in [-0.25, -0.2) is 0 Å². The van der Waals surface area contributed by atoms with E-state index in [1.807, 2.05) is 37.3 Å². The maximum Gasteiger partial charge on any atom is 0.267 e. The zero-order valence-electron chi connectivity index (χ0n) is 19.5. The molecule has 3 N–H and O–H groups in total. The van der Waals surface area contributed by atoms with E-state index in [0.717, 1.165) is 27.7 Å². The number of benzene rings is 3. The highest BCUT2D eigenvalue weighted by molar-refractivity contribution is 6.34. The molecule has 0 atom stereocenters. The van der Waals surface area contributed by atoms with Gasteiger partial charge in [-0.2, -0.15) is 0 Å². The molecule has 0 unspecified atom stereocenters. The van der Waals surface area contributed by atoms with Crippen LogP contribution < -0.4 is 15.4 Å². The molecule has 3 aromatic carbocycles. The molecule has 1 heterocycles. The van der Waals surface area contributed by atoms with Crippen molar-refractivity contribution in [3.05, 3.63) is 106 Å². The summed E-state index contributed by atoms with van der Waals surface area (Å²) in [4.78, 5) is 29.4. The lowest BCUT2D eigenvalue weighted by Gasteiger charge is -2.12. The molecule has 1 aromatic heterocycles. The average molecular weight is 488 g/mol. The zero-order valence-corrected chi connectivity index (χ0v) is 20.3. The lowest BCUT2D eigenvalue weighted by Crippen LogP contribution is -2.35. The van der Waals surface area contributed by atoms with Crippen LogP contribution in [-0.2, 0) is 11.2 Å². The van der Waals surface area contributed by atoms with Crippen molar-refractivity contribution in [1.82, 2.24) is 15.6 Å². The molecule has 7 heteroatoms. The van der Waals surface area contributed by atoms with Crippen molar-refractivity contribution < 1.29 is 14.3 Å². The number of aryl methyl sites for hydroxylation is 1. The summed E-state index contributed by atoms with van der Waals surface area (Å²) in [5.41, 5.74) is 4.44. The van der Waals surface area contributed by atoms with E-state index < -0.39 is 11.8 Å². The third-order valence-electron chi connectivity index (χ3n) is 5.73. The molecule has 0 radical (unpaired) electrons. The van der Waals surface area contributed by atoms with Gasteiger partial charge in [-0.3, -0.25) is 9.59 Å². The number of carbonyl (C=O) groups excluding carboxylic acids is 2. The van der Waals surface area contributed by atoms with Gasteiger partial charge in [0, 0.05) is 23.1 Å². The Morgan fingerprint density at radius 3 is 2.46 bits per heavy atom. The fraction of sp³-hybridized carbons (Fsp3) is 0.143. The van der Waals surface area contributed by atoms with Crippen molar-refractivity contribution in [2.45, 2.75) is 13.3 Å². The van der Waals surface area contributed by atoms with E-state index >= 15 is 0 Å². The summed E-state index contributed by atoms with van der Waals surface area (Å²) in [5.74, 6) is -0.154. The van der Waals surface area contributed by atoms with E-state index in [1.165, 1.54) is 0 Å². The first-order valence-corrected chi connectivity index (χ1v) is 11.6. The molecule has 2 amide bonds. The van der Waals surface area contributed by atoms with Crippen molar-refractivity contribution in [3.63, 3.8) is 0 Å². The Kier molecular flexibility index (Phi) is 7.53. The van der Waals surface area contributed by atoms with Crippen LogP contribution >= 0.6 is 11.6 Å². The molecule has 0 spiro atoms. The van der Waals surface area contributed by atoms with E-state index in [1.54, 1.807) is 49.6 Å². The van der Waals surface area contributed by atoms with E-state index in [0.29, 0.717) is 23.7 Å². The fourth-order valence-corrected chi connectivity index (χ4v) is 4.13. The molecule has 4 rings (SSSR count). The normalized spacial score (nSPS) is 11.3. The number of halogens is 1. The van der Waals surface area contributed by atoms with Gasteiger partial charge in [0.2, 0.25) is 0 Å². The number of amides is 2. The number of fused-ring (bicyclic) bond motifs is 1. The van der Waals surface area contributed by atoms with Crippen molar-refractivity contribution >= 4 is 40.4 Å². The molecule has 0 aliphatic rings. The zero-order chi connectivity index (χ0) is 24.8. The fourth-order valence-electron chi connectivity index (χ4n) is 3.91. The van der Waals surface area contributed by atoms with Crippen molar-refractivity contribution in [2.75, 3.05) is 13.7 Å². The molecular formula is C28H26ClN3O3. The number of para-hydroxylation sites is 1. The maximum atomic E-state index is 13.1. The van der Waals surface area contributed by atoms with Crippen LogP contribution in [0, 0.1) is 6.92 Å². The van der Waals surface area contributed by atoms with Gasteiger partial charge in [-0.05, 0) is 60.9 Å². The Bertz CT molecular complexity index is 1390. The molecule has 4 aromatic rings. The van der Waals surface area contributed by atoms with Gasteiger partial charge in [0.15, 0.2) is 0 Å². The first-order chi connectivity index (χ1) is 17.0. The number of methoxy groups -OCH3 is 1. The third-order valence-corrected chi connectivity index (χ3v) is 6.06. The SMILES string of the molecule is COc1ccc(C=C(NC(=O)c2ccccc2Cl)C(=O)NCCc2c(C)[nH]c3ccccc23)cc1. The Hall–Kier alpha value is -4.03. The molecule has 0 saturated carbocycles. The van der Waals surface area contributed by atoms with Crippen molar-refractivity contribution in [3.8, 4) is 5.75 Å². The van der Waals surface area contributed by atoms with Crippen LogP contribution in [-0.4, -0.2) is 30.5 Å². The molecule has 0 saturated heterocycles. The number of carbonyl (C=O) groups is 2. The van der Waals surface area contributed by atoms with Crippen molar-refractivity contribution in [2.24, 2.45) is 0 Å². The molecule has 0 bridgehead atoms.